The Morgan fingerprint density at radius 1 is 1.26 bits per heavy atom. The van der Waals surface area contributed by atoms with Crippen LogP contribution in [0.25, 0.3) is 21.8 Å². The SMILES string of the molecule is COC(=O)c1ccc2c(=O)n(CC3CCCO3)c(SC(C)C(=O)c3c[nH]c4ccccc34)nc2c1. The summed E-state index contributed by atoms with van der Waals surface area (Å²) in [5, 5.41) is 1.17. The Morgan fingerprint density at radius 3 is 2.86 bits per heavy atom. The number of ketones is 1. The molecule has 0 aliphatic carbocycles. The summed E-state index contributed by atoms with van der Waals surface area (Å²) in [6.07, 6.45) is 3.45. The summed E-state index contributed by atoms with van der Waals surface area (Å²) in [6, 6.07) is 12.3. The Labute approximate surface area is 205 Å². The molecule has 1 aliphatic heterocycles. The van der Waals surface area contributed by atoms with Crippen molar-refractivity contribution in [2.45, 2.75) is 42.8 Å². The Bertz CT molecular complexity index is 1490. The van der Waals surface area contributed by atoms with Crippen LogP contribution in [0.15, 0.2) is 58.6 Å². The molecule has 180 valence electrons. The number of benzene rings is 2. The first-order valence-corrected chi connectivity index (χ1v) is 12.4. The van der Waals surface area contributed by atoms with Gasteiger partial charge in [-0.1, -0.05) is 30.0 Å². The minimum Gasteiger partial charge on any atom is -0.465 e. The molecule has 0 saturated carbocycles. The highest BCUT2D eigenvalue weighted by Gasteiger charge is 2.25. The Kier molecular flexibility index (Phi) is 6.44. The van der Waals surface area contributed by atoms with Gasteiger partial charge in [-0.05, 0) is 44.0 Å². The molecule has 3 heterocycles. The number of ether oxygens (including phenoxy) is 2. The maximum absolute atomic E-state index is 13.5. The fraction of sp³-hybridized carbons (Fsp3) is 0.308. The summed E-state index contributed by atoms with van der Waals surface area (Å²) in [5.41, 5.74) is 1.96. The summed E-state index contributed by atoms with van der Waals surface area (Å²) < 4.78 is 12.2. The van der Waals surface area contributed by atoms with Gasteiger partial charge in [0, 0.05) is 29.3 Å². The average molecular weight is 492 g/mol. The second-order valence-corrected chi connectivity index (χ2v) is 9.85. The molecule has 0 radical (unpaired) electrons. The van der Waals surface area contributed by atoms with Gasteiger partial charge in [-0.15, -0.1) is 0 Å². The molecule has 0 amide bonds. The highest BCUT2D eigenvalue weighted by Crippen LogP contribution is 2.29. The number of hydrogen-bond donors (Lipinski definition) is 1. The summed E-state index contributed by atoms with van der Waals surface area (Å²) in [6.45, 7) is 2.84. The molecular formula is C26H25N3O5S. The van der Waals surface area contributed by atoms with Gasteiger partial charge in [0.15, 0.2) is 10.9 Å². The highest BCUT2D eigenvalue weighted by molar-refractivity contribution is 8.00. The van der Waals surface area contributed by atoms with E-state index < -0.39 is 11.2 Å². The van der Waals surface area contributed by atoms with Gasteiger partial charge >= 0.3 is 5.97 Å². The van der Waals surface area contributed by atoms with Gasteiger partial charge in [0.2, 0.25) is 0 Å². The third-order valence-corrected chi connectivity index (χ3v) is 7.35. The quantitative estimate of drug-likeness (QED) is 0.179. The number of methoxy groups -OCH3 is 1. The molecule has 5 rings (SSSR count). The largest absolute Gasteiger partial charge is 0.465 e. The molecule has 4 aromatic rings. The Hall–Kier alpha value is -3.43. The fourth-order valence-corrected chi connectivity index (χ4v) is 5.38. The van der Waals surface area contributed by atoms with E-state index in [2.05, 4.69) is 4.98 Å². The fourth-order valence-electron chi connectivity index (χ4n) is 4.39. The molecule has 1 N–H and O–H groups in total. The lowest BCUT2D eigenvalue weighted by molar-refractivity contribution is 0.0600. The summed E-state index contributed by atoms with van der Waals surface area (Å²) in [7, 11) is 1.30. The first-order valence-electron chi connectivity index (χ1n) is 11.5. The van der Waals surface area contributed by atoms with E-state index >= 15 is 0 Å². The topological polar surface area (TPSA) is 103 Å². The number of carbonyl (C=O) groups is 2. The zero-order valence-corrected chi connectivity index (χ0v) is 20.3. The number of thioether (sulfide) groups is 1. The van der Waals surface area contributed by atoms with Gasteiger partial charge in [-0.25, -0.2) is 9.78 Å². The normalized spacial score (nSPS) is 16.6. The van der Waals surface area contributed by atoms with Crippen LogP contribution in [-0.4, -0.2) is 51.4 Å². The van der Waals surface area contributed by atoms with Crippen molar-refractivity contribution in [3.63, 3.8) is 0 Å². The maximum atomic E-state index is 13.5. The number of aromatic amines is 1. The number of carbonyl (C=O) groups excluding carboxylic acids is 2. The minimum absolute atomic E-state index is 0.0613. The van der Waals surface area contributed by atoms with E-state index in [9.17, 15) is 14.4 Å². The van der Waals surface area contributed by atoms with Crippen molar-refractivity contribution in [3.05, 3.63) is 70.1 Å². The number of para-hydroxylation sites is 1. The van der Waals surface area contributed by atoms with Crippen molar-refractivity contribution >= 4 is 45.3 Å². The van der Waals surface area contributed by atoms with E-state index in [4.69, 9.17) is 14.5 Å². The van der Waals surface area contributed by atoms with Crippen LogP contribution in [0.3, 0.4) is 0 Å². The van der Waals surface area contributed by atoms with Gasteiger partial charge < -0.3 is 14.5 Å². The smallest absolute Gasteiger partial charge is 0.337 e. The van der Waals surface area contributed by atoms with Crippen LogP contribution in [-0.2, 0) is 16.0 Å². The number of rotatable bonds is 7. The van der Waals surface area contributed by atoms with Crippen molar-refractivity contribution in [2.24, 2.45) is 0 Å². The van der Waals surface area contributed by atoms with E-state index in [-0.39, 0.29) is 17.4 Å². The molecule has 2 atom stereocenters. The number of nitrogens with zero attached hydrogens (tertiary/aromatic N) is 2. The number of aromatic nitrogens is 3. The average Bonchev–Trinajstić information content (AvgIpc) is 3.55. The van der Waals surface area contributed by atoms with Crippen molar-refractivity contribution < 1.29 is 19.1 Å². The van der Waals surface area contributed by atoms with E-state index in [0.29, 0.717) is 40.3 Å². The van der Waals surface area contributed by atoms with Crippen LogP contribution in [0.4, 0.5) is 0 Å². The van der Waals surface area contributed by atoms with Crippen molar-refractivity contribution in [3.8, 4) is 0 Å². The van der Waals surface area contributed by atoms with Crippen LogP contribution in [0.1, 0.15) is 40.5 Å². The third-order valence-electron chi connectivity index (χ3n) is 6.26. The van der Waals surface area contributed by atoms with Crippen molar-refractivity contribution in [1.29, 1.82) is 0 Å². The lowest BCUT2D eigenvalue weighted by Crippen LogP contribution is -2.29. The number of hydrogen-bond acceptors (Lipinski definition) is 7. The van der Waals surface area contributed by atoms with E-state index in [0.717, 1.165) is 23.7 Å². The molecular weight excluding hydrogens is 466 g/mol. The van der Waals surface area contributed by atoms with Crippen molar-refractivity contribution in [1.82, 2.24) is 14.5 Å². The number of Topliss-reactive ketones (excluding diaryl/α,β-unsaturated/α-hetero) is 1. The second-order valence-electron chi connectivity index (χ2n) is 8.54. The molecule has 35 heavy (non-hydrogen) atoms. The van der Waals surface area contributed by atoms with E-state index in [1.807, 2.05) is 31.2 Å². The van der Waals surface area contributed by atoms with E-state index in [1.165, 1.54) is 18.9 Å². The molecule has 2 unspecified atom stereocenters. The second kappa shape index (κ2) is 9.67. The number of H-pyrrole nitrogens is 1. The van der Waals surface area contributed by atoms with Crippen LogP contribution < -0.4 is 5.56 Å². The van der Waals surface area contributed by atoms with Gasteiger partial charge in [0.05, 0.1) is 41.5 Å². The first kappa shape index (κ1) is 23.3. The molecule has 1 saturated heterocycles. The first-order chi connectivity index (χ1) is 17.0. The third kappa shape index (κ3) is 4.49. The molecule has 8 nitrogen and oxygen atoms in total. The van der Waals surface area contributed by atoms with E-state index in [1.54, 1.807) is 29.0 Å². The van der Waals surface area contributed by atoms with Crippen LogP contribution in [0.2, 0.25) is 0 Å². The predicted octanol–water partition coefficient (Wildman–Crippen LogP) is 4.21. The Balaban J connectivity index is 1.54. The number of fused-ring (bicyclic) bond motifs is 2. The van der Waals surface area contributed by atoms with Crippen molar-refractivity contribution in [2.75, 3.05) is 13.7 Å². The zero-order valence-electron chi connectivity index (χ0n) is 19.4. The highest BCUT2D eigenvalue weighted by atomic mass is 32.2. The molecule has 9 heteroatoms. The van der Waals surface area contributed by atoms with Gasteiger partial charge in [-0.2, -0.15) is 0 Å². The van der Waals surface area contributed by atoms with Gasteiger partial charge in [0.25, 0.3) is 5.56 Å². The summed E-state index contributed by atoms with van der Waals surface area (Å²) in [5.74, 6) is -0.567. The molecule has 2 aromatic carbocycles. The number of nitrogens with one attached hydrogen (secondary N) is 1. The zero-order chi connectivity index (χ0) is 24.5. The lowest BCUT2D eigenvalue weighted by Gasteiger charge is -2.18. The van der Waals surface area contributed by atoms with Crippen LogP contribution in [0, 0.1) is 0 Å². The molecule has 1 fully saturated rings. The Morgan fingerprint density at radius 2 is 2.09 bits per heavy atom. The molecule has 2 aromatic heterocycles. The summed E-state index contributed by atoms with van der Waals surface area (Å²) >= 11 is 1.23. The maximum Gasteiger partial charge on any atom is 0.337 e. The lowest BCUT2D eigenvalue weighted by atomic mass is 10.1. The van der Waals surface area contributed by atoms with Gasteiger partial charge in [0.1, 0.15) is 0 Å². The monoisotopic (exact) mass is 491 g/mol. The molecule has 1 aliphatic rings. The molecule has 0 spiro atoms. The predicted molar refractivity (Wildman–Crippen MR) is 134 cm³/mol. The molecule has 0 bridgehead atoms. The van der Waals surface area contributed by atoms with Gasteiger partial charge in [-0.3, -0.25) is 14.2 Å². The number of esters is 1. The standard InChI is InChI=1S/C26H25N3O5S/c1-15(23(30)20-13-27-21-8-4-3-7-18(20)21)35-26-28-22-12-16(25(32)33-2)9-10-19(22)24(31)29(26)14-17-6-5-11-34-17/h3-4,7-10,12-13,15,17,27H,5-6,11,14H2,1-2H3. The summed E-state index contributed by atoms with van der Waals surface area (Å²) in [4.78, 5) is 46.8. The minimum atomic E-state index is -0.505. The van der Waals surface area contributed by atoms with Crippen LogP contribution in [0.5, 0.6) is 0 Å². The van der Waals surface area contributed by atoms with Crippen LogP contribution >= 0.6 is 11.8 Å².